The summed E-state index contributed by atoms with van der Waals surface area (Å²) >= 11 is 3.47. The summed E-state index contributed by atoms with van der Waals surface area (Å²) in [6.07, 6.45) is 2.40. The monoisotopic (exact) mass is 520 g/mol. The smallest absolute Gasteiger partial charge is 0.260 e. The van der Waals surface area contributed by atoms with Crippen molar-refractivity contribution < 1.29 is 17.6 Å². The molecule has 0 bridgehead atoms. The van der Waals surface area contributed by atoms with Crippen LogP contribution < -0.4 is 9.73 Å². The number of nitrogens with one attached hydrogen (secondary N) is 1. The van der Waals surface area contributed by atoms with Gasteiger partial charge in [-0.25, -0.2) is 18.2 Å². The van der Waals surface area contributed by atoms with E-state index >= 15 is 0 Å². The Kier molecular flexibility index (Phi) is 7.15. The Morgan fingerprint density at radius 1 is 1.19 bits per heavy atom. The average molecular weight is 521 g/mol. The van der Waals surface area contributed by atoms with Crippen LogP contribution in [0.3, 0.4) is 0 Å². The van der Waals surface area contributed by atoms with Gasteiger partial charge in [-0.1, -0.05) is 34.1 Å². The Labute approximate surface area is 194 Å². The number of anilines is 1. The summed E-state index contributed by atoms with van der Waals surface area (Å²) < 4.78 is 42.0. The average Bonchev–Trinajstić information content (AvgIpc) is 2.99. The fraction of sp³-hybridized carbons (Fsp3) is 0.182. The Morgan fingerprint density at radius 2 is 1.91 bits per heavy atom. The maximum absolute atomic E-state index is 14.1. The van der Waals surface area contributed by atoms with Gasteiger partial charge in [0.2, 0.25) is 10.0 Å². The molecule has 2 aromatic carbocycles. The van der Waals surface area contributed by atoms with Gasteiger partial charge in [0.15, 0.2) is 0 Å². The number of aryl methyl sites for hydroxylation is 1. The second kappa shape index (κ2) is 9.66. The molecule has 1 aromatic heterocycles. The van der Waals surface area contributed by atoms with Crippen LogP contribution >= 0.6 is 15.9 Å². The zero-order valence-electron chi connectivity index (χ0n) is 17.7. The maximum Gasteiger partial charge on any atom is 0.260 e. The number of rotatable bonds is 7. The fourth-order valence-electron chi connectivity index (χ4n) is 3.31. The Bertz CT molecular complexity index is 1290. The summed E-state index contributed by atoms with van der Waals surface area (Å²) in [6, 6.07) is 15.1. The highest BCUT2D eigenvalue weighted by Gasteiger charge is 2.23. The lowest BCUT2D eigenvalue weighted by molar-refractivity contribution is -0.119. The number of aromatic nitrogens is 1. The highest BCUT2D eigenvalue weighted by atomic mass is 79.9. The van der Waals surface area contributed by atoms with Crippen molar-refractivity contribution in [3.8, 4) is 5.69 Å². The molecule has 1 heterocycles. The van der Waals surface area contributed by atoms with Gasteiger partial charge in [0.05, 0.1) is 18.2 Å². The van der Waals surface area contributed by atoms with Crippen molar-refractivity contribution in [2.24, 2.45) is 5.10 Å². The molecule has 1 amide bonds. The van der Waals surface area contributed by atoms with E-state index in [4.69, 9.17) is 0 Å². The van der Waals surface area contributed by atoms with E-state index in [1.807, 2.05) is 44.2 Å². The Hall–Kier alpha value is -2.98. The molecule has 0 saturated carbocycles. The first kappa shape index (κ1) is 23.7. The molecular formula is C22H22BrFN4O3S. The first-order chi connectivity index (χ1) is 15.1. The molecule has 0 fully saturated rings. The van der Waals surface area contributed by atoms with Crippen molar-refractivity contribution in [1.82, 2.24) is 9.99 Å². The van der Waals surface area contributed by atoms with Crippen molar-refractivity contribution in [2.75, 3.05) is 17.1 Å². The minimum Gasteiger partial charge on any atom is -0.318 e. The number of hydrazone groups is 1. The number of para-hydroxylation sites is 1. The number of carbonyl (C=O) groups is 1. The largest absolute Gasteiger partial charge is 0.318 e. The van der Waals surface area contributed by atoms with Gasteiger partial charge in [-0.05, 0) is 50.2 Å². The summed E-state index contributed by atoms with van der Waals surface area (Å²) in [5.74, 6) is -1.44. The highest BCUT2D eigenvalue weighted by Crippen LogP contribution is 2.23. The molecule has 168 valence electrons. The Balaban J connectivity index is 1.75. The summed E-state index contributed by atoms with van der Waals surface area (Å²) in [5, 5.41) is 3.96. The first-order valence-electron chi connectivity index (χ1n) is 9.57. The fourth-order valence-corrected chi connectivity index (χ4v) is 4.55. The van der Waals surface area contributed by atoms with Crippen LogP contribution in [-0.4, -0.2) is 37.9 Å². The van der Waals surface area contributed by atoms with Crippen LogP contribution in [0.2, 0.25) is 0 Å². The van der Waals surface area contributed by atoms with E-state index in [1.54, 1.807) is 0 Å². The van der Waals surface area contributed by atoms with Crippen LogP contribution in [0.1, 0.15) is 17.0 Å². The number of hydrogen-bond donors (Lipinski definition) is 1. The third-order valence-corrected chi connectivity index (χ3v) is 6.36. The molecule has 0 unspecified atom stereocenters. The van der Waals surface area contributed by atoms with Gasteiger partial charge in [0.1, 0.15) is 12.4 Å². The van der Waals surface area contributed by atoms with Crippen LogP contribution in [0.5, 0.6) is 0 Å². The molecule has 7 nitrogen and oxygen atoms in total. The van der Waals surface area contributed by atoms with Crippen molar-refractivity contribution >= 4 is 43.8 Å². The van der Waals surface area contributed by atoms with Crippen molar-refractivity contribution in [2.45, 2.75) is 13.8 Å². The number of benzene rings is 2. The molecule has 0 atom stereocenters. The number of amides is 1. The topological polar surface area (TPSA) is 83.8 Å². The number of hydrogen-bond acceptors (Lipinski definition) is 4. The molecule has 10 heteroatoms. The number of carbonyl (C=O) groups excluding carboxylic acids is 1. The van der Waals surface area contributed by atoms with Crippen LogP contribution in [0.4, 0.5) is 10.1 Å². The van der Waals surface area contributed by atoms with Crippen molar-refractivity contribution in [3.05, 3.63) is 81.8 Å². The third kappa shape index (κ3) is 5.43. The van der Waals surface area contributed by atoms with E-state index in [-0.39, 0.29) is 5.69 Å². The zero-order valence-corrected chi connectivity index (χ0v) is 20.1. The second-order valence-electron chi connectivity index (χ2n) is 7.16. The van der Waals surface area contributed by atoms with Crippen LogP contribution in [-0.2, 0) is 14.8 Å². The number of halogens is 2. The molecule has 0 aliphatic carbocycles. The van der Waals surface area contributed by atoms with E-state index < -0.39 is 28.3 Å². The second-order valence-corrected chi connectivity index (χ2v) is 9.98. The maximum atomic E-state index is 14.1. The molecule has 0 aliphatic heterocycles. The van der Waals surface area contributed by atoms with E-state index in [1.165, 1.54) is 24.4 Å². The van der Waals surface area contributed by atoms with Crippen molar-refractivity contribution in [3.63, 3.8) is 0 Å². The lowest BCUT2D eigenvalue weighted by Crippen LogP contribution is -2.39. The Morgan fingerprint density at radius 3 is 2.56 bits per heavy atom. The van der Waals surface area contributed by atoms with Crippen molar-refractivity contribution in [1.29, 1.82) is 0 Å². The van der Waals surface area contributed by atoms with Gasteiger partial charge in [-0.15, -0.1) is 0 Å². The van der Waals surface area contributed by atoms with Gasteiger partial charge in [-0.3, -0.25) is 9.10 Å². The zero-order chi connectivity index (χ0) is 23.5. The summed E-state index contributed by atoms with van der Waals surface area (Å²) in [4.78, 5) is 12.3. The quantitative estimate of drug-likeness (QED) is 0.378. The molecule has 0 spiro atoms. The lowest BCUT2D eigenvalue weighted by Gasteiger charge is -2.21. The number of nitrogens with zero attached hydrogens (tertiary/aromatic N) is 3. The van der Waals surface area contributed by atoms with Crippen LogP contribution in [0.25, 0.3) is 5.69 Å². The number of sulfonamides is 1. The summed E-state index contributed by atoms with van der Waals surface area (Å²) in [6.45, 7) is 3.29. The molecule has 0 radical (unpaired) electrons. The van der Waals surface area contributed by atoms with Gasteiger partial charge < -0.3 is 4.57 Å². The molecule has 0 aliphatic rings. The molecule has 32 heavy (non-hydrogen) atoms. The minimum absolute atomic E-state index is 0.202. The molecule has 0 saturated heterocycles. The third-order valence-electron chi connectivity index (χ3n) is 4.74. The molecule has 3 aromatic rings. The van der Waals surface area contributed by atoms with Gasteiger partial charge in [0.25, 0.3) is 5.91 Å². The normalized spacial score (nSPS) is 11.7. The van der Waals surface area contributed by atoms with E-state index in [9.17, 15) is 17.6 Å². The standard InChI is InChI=1S/C22H22BrFN4O3S/c1-15-11-17(16(2)28(15)19-8-6-7-18(23)12-19)13-25-26-22(29)14-27(32(3,30)31)21-10-5-4-9-20(21)24/h4-13H,14H2,1-3H3,(H,26,29)/b25-13-. The molecule has 3 rings (SSSR count). The van der Waals surface area contributed by atoms with E-state index in [0.717, 1.165) is 39.4 Å². The lowest BCUT2D eigenvalue weighted by atomic mass is 10.2. The van der Waals surface area contributed by atoms with Gasteiger partial charge in [0, 0.05) is 27.1 Å². The SMILES string of the molecule is Cc1cc(/C=N\NC(=O)CN(c2ccccc2F)S(C)(=O)=O)c(C)n1-c1cccc(Br)c1. The first-order valence-corrected chi connectivity index (χ1v) is 12.2. The summed E-state index contributed by atoms with van der Waals surface area (Å²) in [7, 11) is -3.88. The highest BCUT2D eigenvalue weighted by molar-refractivity contribution is 9.10. The van der Waals surface area contributed by atoms with Gasteiger partial charge >= 0.3 is 0 Å². The van der Waals surface area contributed by atoms with Crippen LogP contribution in [0, 0.1) is 19.7 Å². The molecule has 1 N–H and O–H groups in total. The van der Waals surface area contributed by atoms with Crippen LogP contribution in [0.15, 0.2) is 64.2 Å². The predicted octanol–water partition coefficient (Wildman–Crippen LogP) is 3.91. The minimum atomic E-state index is -3.88. The molecular weight excluding hydrogens is 499 g/mol. The summed E-state index contributed by atoms with van der Waals surface area (Å²) in [5.41, 5.74) is 5.78. The predicted molar refractivity (Wildman–Crippen MR) is 127 cm³/mol. The van der Waals surface area contributed by atoms with E-state index in [2.05, 4.69) is 31.0 Å². The van der Waals surface area contributed by atoms with E-state index in [0.29, 0.717) is 4.31 Å². The van der Waals surface area contributed by atoms with Gasteiger partial charge in [-0.2, -0.15) is 5.10 Å².